The van der Waals surface area contributed by atoms with Gasteiger partial charge in [0.1, 0.15) is 12.4 Å². The molecule has 2 nitrogen and oxygen atoms in total. The van der Waals surface area contributed by atoms with Crippen molar-refractivity contribution >= 4 is 5.69 Å². The first kappa shape index (κ1) is 11.5. The summed E-state index contributed by atoms with van der Waals surface area (Å²) in [5.74, 6) is 4.09. The van der Waals surface area contributed by atoms with E-state index in [-0.39, 0.29) is 0 Å². The molecule has 4 saturated carbocycles. The van der Waals surface area contributed by atoms with Crippen molar-refractivity contribution in [3.05, 3.63) is 23.8 Å². The third-order valence-electron chi connectivity index (χ3n) is 6.31. The van der Waals surface area contributed by atoms with Gasteiger partial charge in [0, 0.05) is 6.54 Å². The number of benzene rings is 1. The number of hydrogen-bond donors (Lipinski definition) is 1. The molecule has 0 saturated heterocycles. The minimum Gasteiger partial charge on any atom is -0.490 e. The van der Waals surface area contributed by atoms with Gasteiger partial charge in [0.15, 0.2) is 0 Å². The van der Waals surface area contributed by atoms with Crippen LogP contribution >= 0.6 is 0 Å². The van der Waals surface area contributed by atoms with E-state index in [2.05, 4.69) is 23.5 Å². The zero-order valence-electron chi connectivity index (χ0n) is 12.0. The molecular weight excluding hydrogens is 246 g/mol. The molecule has 0 aromatic heterocycles. The number of nitrogens with one attached hydrogen (secondary N) is 1. The third kappa shape index (κ3) is 1.57. The van der Waals surface area contributed by atoms with Gasteiger partial charge in [-0.25, -0.2) is 0 Å². The Bertz CT molecular complexity index is 515. The van der Waals surface area contributed by atoms with Gasteiger partial charge < -0.3 is 10.1 Å². The average Bonchev–Trinajstić information content (AvgIpc) is 2.45. The summed E-state index contributed by atoms with van der Waals surface area (Å²) in [5.41, 5.74) is 3.32. The van der Waals surface area contributed by atoms with E-state index >= 15 is 0 Å². The summed E-state index contributed by atoms with van der Waals surface area (Å²) in [6.07, 6.45) is 8.89. The first-order chi connectivity index (χ1) is 9.81. The summed E-state index contributed by atoms with van der Waals surface area (Å²) in [6, 6.07) is 6.97. The van der Waals surface area contributed by atoms with Crippen molar-refractivity contribution in [3.63, 3.8) is 0 Å². The minimum atomic E-state index is 0.503. The van der Waals surface area contributed by atoms with Crippen molar-refractivity contribution in [3.8, 4) is 5.75 Å². The summed E-state index contributed by atoms with van der Waals surface area (Å²) in [5, 5.41) is 3.51. The molecule has 1 aromatic rings. The fourth-order valence-electron chi connectivity index (χ4n) is 5.93. The third-order valence-corrected chi connectivity index (χ3v) is 6.31. The quantitative estimate of drug-likeness (QED) is 0.833. The van der Waals surface area contributed by atoms with Crippen molar-refractivity contribution in [2.75, 3.05) is 18.5 Å². The van der Waals surface area contributed by atoms with Crippen LogP contribution in [-0.4, -0.2) is 13.2 Å². The summed E-state index contributed by atoms with van der Waals surface area (Å²) in [7, 11) is 0. The first-order valence-electron chi connectivity index (χ1n) is 8.32. The summed E-state index contributed by atoms with van der Waals surface area (Å²) >= 11 is 0. The maximum absolute atomic E-state index is 5.73. The minimum absolute atomic E-state index is 0.503. The molecule has 1 N–H and O–H groups in total. The molecule has 0 amide bonds. The van der Waals surface area contributed by atoms with Gasteiger partial charge in [-0.1, -0.05) is 6.07 Å². The number of anilines is 1. The van der Waals surface area contributed by atoms with Crippen molar-refractivity contribution in [2.45, 2.75) is 43.9 Å². The van der Waals surface area contributed by atoms with Gasteiger partial charge in [0.05, 0.1) is 5.69 Å². The molecule has 2 heteroatoms. The van der Waals surface area contributed by atoms with Crippen LogP contribution in [0.15, 0.2) is 18.2 Å². The van der Waals surface area contributed by atoms with Crippen LogP contribution in [0.3, 0.4) is 0 Å². The van der Waals surface area contributed by atoms with Gasteiger partial charge in [0.2, 0.25) is 0 Å². The Balaban J connectivity index is 1.56. The molecule has 20 heavy (non-hydrogen) atoms. The molecule has 1 aliphatic heterocycles. The molecule has 1 heterocycles. The molecule has 0 radical (unpaired) electrons. The zero-order chi connectivity index (χ0) is 13.2. The lowest BCUT2D eigenvalue weighted by atomic mass is 9.48. The standard InChI is InChI=1S/C18H23NO/c1-2-17-16(19-3-4-20-17)8-15(1)18-9-12-5-13(10-18)7-14(6-12)11-18/h1-2,8,12-14,19H,3-7,9-11H2. The van der Waals surface area contributed by atoms with Gasteiger partial charge in [-0.15, -0.1) is 0 Å². The smallest absolute Gasteiger partial charge is 0.142 e. The molecular formula is C18H23NO. The van der Waals surface area contributed by atoms with Gasteiger partial charge >= 0.3 is 0 Å². The summed E-state index contributed by atoms with van der Waals surface area (Å²) in [6.45, 7) is 1.74. The summed E-state index contributed by atoms with van der Waals surface area (Å²) in [4.78, 5) is 0. The molecule has 106 valence electrons. The van der Waals surface area contributed by atoms with Crippen molar-refractivity contribution < 1.29 is 4.74 Å². The maximum atomic E-state index is 5.73. The Hall–Kier alpha value is -1.18. The Kier molecular flexibility index (Phi) is 2.25. The van der Waals surface area contributed by atoms with Crippen LogP contribution in [0.1, 0.15) is 44.1 Å². The second kappa shape index (κ2) is 3.93. The Morgan fingerprint density at radius 1 is 1.00 bits per heavy atom. The maximum Gasteiger partial charge on any atom is 0.142 e. The number of hydrogen-bond acceptors (Lipinski definition) is 2. The fraction of sp³-hybridized carbons (Fsp3) is 0.667. The predicted molar refractivity (Wildman–Crippen MR) is 80.3 cm³/mol. The number of ether oxygens (including phenoxy) is 1. The van der Waals surface area contributed by atoms with Gasteiger partial charge in [0.25, 0.3) is 0 Å². The van der Waals surface area contributed by atoms with Crippen LogP contribution in [0.25, 0.3) is 0 Å². The lowest BCUT2D eigenvalue weighted by Gasteiger charge is -2.57. The van der Waals surface area contributed by atoms with E-state index in [0.717, 1.165) is 36.7 Å². The lowest BCUT2D eigenvalue weighted by Crippen LogP contribution is -2.48. The Labute approximate surface area is 120 Å². The number of rotatable bonds is 1. The fourth-order valence-corrected chi connectivity index (χ4v) is 5.93. The molecule has 6 rings (SSSR count). The van der Waals surface area contributed by atoms with E-state index in [1.807, 2.05) is 0 Å². The number of fused-ring (bicyclic) bond motifs is 1. The average molecular weight is 269 g/mol. The highest BCUT2D eigenvalue weighted by Gasteiger charge is 2.51. The highest BCUT2D eigenvalue weighted by molar-refractivity contribution is 5.60. The highest BCUT2D eigenvalue weighted by atomic mass is 16.5. The van der Waals surface area contributed by atoms with Gasteiger partial charge in [-0.05, 0) is 79.4 Å². The largest absolute Gasteiger partial charge is 0.490 e. The van der Waals surface area contributed by atoms with E-state index in [1.54, 1.807) is 5.56 Å². The second-order valence-corrected chi connectivity index (χ2v) is 7.68. The van der Waals surface area contributed by atoms with E-state index in [4.69, 9.17) is 4.74 Å². The highest BCUT2D eigenvalue weighted by Crippen LogP contribution is 2.61. The van der Waals surface area contributed by atoms with Crippen molar-refractivity contribution in [2.24, 2.45) is 17.8 Å². The molecule has 5 aliphatic rings. The van der Waals surface area contributed by atoms with E-state index in [1.165, 1.54) is 44.2 Å². The van der Waals surface area contributed by atoms with Gasteiger partial charge in [-0.2, -0.15) is 0 Å². The van der Waals surface area contributed by atoms with Crippen LogP contribution < -0.4 is 10.1 Å². The van der Waals surface area contributed by atoms with Crippen LogP contribution in [0.4, 0.5) is 5.69 Å². The van der Waals surface area contributed by atoms with E-state index in [0.29, 0.717) is 5.41 Å². The van der Waals surface area contributed by atoms with Crippen LogP contribution in [0, 0.1) is 17.8 Å². The van der Waals surface area contributed by atoms with Crippen LogP contribution in [0.5, 0.6) is 5.75 Å². The van der Waals surface area contributed by atoms with E-state index < -0.39 is 0 Å². The van der Waals surface area contributed by atoms with Crippen molar-refractivity contribution in [1.82, 2.24) is 0 Å². The van der Waals surface area contributed by atoms with Crippen LogP contribution in [-0.2, 0) is 5.41 Å². The van der Waals surface area contributed by atoms with E-state index in [9.17, 15) is 0 Å². The van der Waals surface area contributed by atoms with Crippen LogP contribution in [0.2, 0.25) is 0 Å². The molecule has 0 unspecified atom stereocenters. The molecule has 0 spiro atoms. The molecule has 4 fully saturated rings. The van der Waals surface area contributed by atoms with Gasteiger partial charge in [-0.3, -0.25) is 0 Å². The SMILES string of the molecule is c1cc2c(cc1C13CC4CC(CC(C4)C1)C3)NCCO2. The monoisotopic (exact) mass is 269 g/mol. The topological polar surface area (TPSA) is 21.3 Å². The Morgan fingerprint density at radius 3 is 2.40 bits per heavy atom. The molecule has 4 aliphatic carbocycles. The normalized spacial score (nSPS) is 40.9. The molecule has 0 atom stereocenters. The molecule has 4 bridgehead atoms. The lowest BCUT2D eigenvalue weighted by molar-refractivity contribution is -0.00518. The first-order valence-corrected chi connectivity index (χ1v) is 8.32. The second-order valence-electron chi connectivity index (χ2n) is 7.68. The Morgan fingerprint density at radius 2 is 1.70 bits per heavy atom. The van der Waals surface area contributed by atoms with Crippen molar-refractivity contribution in [1.29, 1.82) is 0 Å². The molecule has 1 aromatic carbocycles. The summed E-state index contributed by atoms with van der Waals surface area (Å²) < 4.78 is 5.73. The predicted octanol–water partition coefficient (Wildman–Crippen LogP) is 3.96. The zero-order valence-corrected chi connectivity index (χ0v) is 12.0.